The van der Waals surface area contributed by atoms with Gasteiger partial charge in [0.1, 0.15) is 5.82 Å². The van der Waals surface area contributed by atoms with Crippen molar-refractivity contribution in [3.8, 4) is 0 Å². The molecule has 1 heterocycles. The van der Waals surface area contributed by atoms with Gasteiger partial charge in [0.2, 0.25) is 0 Å². The van der Waals surface area contributed by atoms with Crippen molar-refractivity contribution < 1.29 is 0 Å². The highest BCUT2D eigenvalue weighted by Gasteiger charge is 2.15. The average Bonchev–Trinajstić information content (AvgIpc) is 2.67. The molecule has 4 N–H and O–H groups in total. The summed E-state index contributed by atoms with van der Waals surface area (Å²) in [4.78, 5) is 7.28. The highest BCUT2D eigenvalue weighted by Crippen LogP contribution is 2.20. The van der Waals surface area contributed by atoms with Crippen molar-refractivity contribution in [2.45, 2.75) is 39.2 Å². The van der Waals surface area contributed by atoms with Crippen LogP contribution in [0.2, 0.25) is 0 Å². The second-order valence-electron chi connectivity index (χ2n) is 3.82. The molecule has 0 radical (unpaired) electrons. The second kappa shape index (κ2) is 5.78. The molecular weight excluding hydrogens is 176 g/mol. The van der Waals surface area contributed by atoms with Gasteiger partial charge >= 0.3 is 0 Å². The van der Waals surface area contributed by atoms with Crippen molar-refractivity contribution in [3.63, 3.8) is 0 Å². The smallest absolute Gasteiger partial charge is 0.124 e. The summed E-state index contributed by atoms with van der Waals surface area (Å²) in [7, 11) is 0. The van der Waals surface area contributed by atoms with E-state index in [2.05, 4.69) is 29.2 Å². The number of nitrogens with one attached hydrogen (secondary N) is 2. The fraction of sp³-hybridized carbons (Fsp3) is 0.700. The van der Waals surface area contributed by atoms with E-state index in [9.17, 15) is 0 Å². The maximum Gasteiger partial charge on any atom is 0.124 e. The molecule has 80 valence electrons. The van der Waals surface area contributed by atoms with Crippen molar-refractivity contribution in [1.82, 2.24) is 15.4 Å². The molecule has 4 nitrogen and oxygen atoms in total. The van der Waals surface area contributed by atoms with Gasteiger partial charge in [0.25, 0.3) is 0 Å². The van der Waals surface area contributed by atoms with Crippen molar-refractivity contribution in [1.29, 1.82) is 0 Å². The first-order valence-corrected chi connectivity index (χ1v) is 5.23. The number of nitrogens with zero attached hydrogens (tertiary/aromatic N) is 1. The first kappa shape index (κ1) is 11.2. The Morgan fingerprint density at radius 1 is 1.64 bits per heavy atom. The van der Waals surface area contributed by atoms with Crippen LogP contribution in [0.3, 0.4) is 0 Å². The quantitative estimate of drug-likeness (QED) is 0.479. The number of nitrogens with two attached hydrogens (primary N) is 1. The Balaban J connectivity index is 2.47. The van der Waals surface area contributed by atoms with Gasteiger partial charge in [-0.05, 0) is 12.3 Å². The maximum atomic E-state index is 5.50. The minimum absolute atomic E-state index is 0.145. The van der Waals surface area contributed by atoms with Gasteiger partial charge in [-0.3, -0.25) is 5.84 Å². The number of aromatic amines is 1. The van der Waals surface area contributed by atoms with Crippen LogP contribution >= 0.6 is 0 Å². The lowest BCUT2D eigenvalue weighted by molar-refractivity contribution is 0.384. The summed E-state index contributed by atoms with van der Waals surface area (Å²) < 4.78 is 0. The third-order valence-corrected chi connectivity index (χ3v) is 2.47. The van der Waals surface area contributed by atoms with Crippen LogP contribution in [0.25, 0.3) is 0 Å². The minimum atomic E-state index is 0.145. The molecule has 0 spiro atoms. The third kappa shape index (κ3) is 3.12. The molecule has 2 unspecified atom stereocenters. The first-order valence-electron chi connectivity index (χ1n) is 5.23. The molecule has 0 aliphatic rings. The number of rotatable bonds is 6. The van der Waals surface area contributed by atoms with Gasteiger partial charge < -0.3 is 4.98 Å². The SMILES string of the molecule is CCCC(C)CC(NN)c1ncc[nH]1. The van der Waals surface area contributed by atoms with Crippen LogP contribution in [0.1, 0.15) is 45.0 Å². The zero-order chi connectivity index (χ0) is 10.4. The largest absolute Gasteiger partial charge is 0.347 e. The Morgan fingerprint density at radius 2 is 2.43 bits per heavy atom. The molecule has 0 bridgehead atoms. The lowest BCUT2D eigenvalue weighted by Crippen LogP contribution is -2.30. The fourth-order valence-electron chi connectivity index (χ4n) is 1.74. The number of hydrazine groups is 1. The molecule has 1 aromatic rings. The molecule has 4 heteroatoms. The van der Waals surface area contributed by atoms with E-state index in [-0.39, 0.29) is 6.04 Å². The Bertz CT molecular complexity index is 232. The van der Waals surface area contributed by atoms with Crippen LogP contribution in [0, 0.1) is 5.92 Å². The highest BCUT2D eigenvalue weighted by molar-refractivity contribution is 4.95. The minimum Gasteiger partial charge on any atom is -0.347 e. The molecule has 0 amide bonds. The van der Waals surface area contributed by atoms with Crippen LogP contribution in [0.15, 0.2) is 12.4 Å². The van der Waals surface area contributed by atoms with E-state index in [1.165, 1.54) is 12.8 Å². The summed E-state index contributed by atoms with van der Waals surface area (Å²) in [6, 6.07) is 0.145. The summed E-state index contributed by atoms with van der Waals surface area (Å²) in [6.45, 7) is 4.45. The van der Waals surface area contributed by atoms with Crippen molar-refractivity contribution in [2.24, 2.45) is 11.8 Å². The predicted molar refractivity (Wildman–Crippen MR) is 57.3 cm³/mol. The van der Waals surface area contributed by atoms with E-state index in [1.54, 1.807) is 6.20 Å². The zero-order valence-corrected chi connectivity index (χ0v) is 8.96. The standard InChI is InChI=1S/C10H20N4/c1-3-4-8(2)7-9(14-11)10-12-5-6-13-10/h5-6,8-9,14H,3-4,7,11H2,1-2H3,(H,12,13). The summed E-state index contributed by atoms with van der Waals surface area (Å²) >= 11 is 0. The van der Waals surface area contributed by atoms with Crippen LogP contribution in [-0.4, -0.2) is 9.97 Å². The molecule has 0 fully saturated rings. The molecular formula is C10H20N4. The van der Waals surface area contributed by atoms with Gasteiger partial charge in [-0.2, -0.15) is 0 Å². The summed E-state index contributed by atoms with van der Waals surface area (Å²) in [5.74, 6) is 7.10. The van der Waals surface area contributed by atoms with Crippen molar-refractivity contribution in [3.05, 3.63) is 18.2 Å². The molecule has 0 saturated heterocycles. The van der Waals surface area contributed by atoms with Crippen molar-refractivity contribution in [2.75, 3.05) is 0 Å². The van der Waals surface area contributed by atoms with Crippen LogP contribution in [0.5, 0.6) is 0 Å². The summed E-state index contributed by atoms with van der Waals surface area (Å²) in [6.07, 6.45) is 7.06. The Morgan fingerprint density at radius 3 is 2.93 bits per heavy atom. The third-order valence-electron chi connectivity index (χ3n) is 2.47. The Hall–Kier alpha value is -0.870. The van der Waals surface area contributed by atoms with Crippen molar-refractivity contribution >= 4 is 0 Å². The van der Waals surface area contributed by atoms with Crippen LogP contribution in [-0.2, 0) is 0 Å². The molecule has 0 aliphatic carbocycles. The number of H-pyrrole nitrogens is 1. The molecule has 14 heavy (non-hydrogen) atoms. The second-order valence-corrected chi connectivity index (χ2v) is 3.82. The predicted octanol–water partition coefficient (Wildman–Crippen LogP) is 1.74. The van der Waals surface area contributed by atoms with E-state index in [0.29, 0.717) is 5.92 Å². The van der Waals surface area contributed by atoms with E-state index < -0.39 is 0 Å². The lowest BCUT2D eigenvalue weighted by atomic mass is 9.97. The summed E-state index contributed by atoms with van der Waals surface area (Å²) in [5.41, 5.74) is 2.80. The Kier molecular flexibility index (Phi) is 4.62. The van der Waals surface area contributed by atoms with Gasteiger partial charge in [0.15, 0.2) is 0 Å². The summed E-state index contributed by atoms with van der Waals surface area (Å²) in [5, 5.41) is 0. The monoisotopic (exact) mass is 196 g/mol. The van der Waals surface area contributed by atoms with E-state index >= 15 is 0 Å². The molecule has 1 rings (SSSR count). The lowest BCUT2D eigenvalue weighted by Gasteiger charge is -2.17. The van der Waals surface area contributed by atoms with Gasteiger partial charge in [-0.1, -0.05) is 26.7 Å². The Labute approximate surface area is 85.3 Å². The number of hydrogen-bond acceptors (Lipinski definition) is 3. The molecule has 1 aromatic heterocycles. The molecule has 0 aromatic carbocycles. The van der Waals surface area contributed by atoms with E-state index in [0.717, 1.165) is 12.2 Å². The molecule has 0 saturated carbocycles. The number of aromatic nitrogens is 2. The molecule has 0 aliphatic heterocycles. The molecule has 2 atom stereocenters. The van der Waals surface area contributed by atoms with E-state index in [4.69, 9.17) is 5.84 Å². The van der Waals surface area contributed by atoms with Crippen LogP contribution in [0.4, 0.5) is 0 Å². The fourth-order valence-corrected chi connectivity index (χ4v) is 1.74. The van der Waals surface area contributed by atoms with E-state index in [1.807, 2.05) is 6.20 Å². The van der Waals surface area contributed by atoms with Gasteiger partial charge in [0, 0.05) is 12.4 Å². The normalized spacial score (nSPS) is 15.4. The number of hydrogen-bond donors (Lipinski definition) is 3. The zero-order valence-electron chi connectivity index (χ0n) is 8.96. The highest BCUT2D eigenvalue weighted by atomic mass is 15.2. The van der Waals surface area contributed by atoms with Crippen LogP contribution < -0.4 is 11.3 Å². The van der Waals surface area contributed by atoms with Gasteiger partial charge in [0.05, 0.1) is 6.04 Å². The van der Waals surface area contributed by atoms with Gasteiger partial charge in [-0.15, -0.1) is 0 Å². The number of imidazole rings is 1. The topological polar surface area (TPSA) is 66.7 Å². The maximum absolute atomic E-state index is 5.50. The first-order chi connectivity index (χ1) is 6.77. The van der Waals surface area contributed by atoms with Gasteiger partial charge in [-0.25, -0.2) is 10.4 Å². The average molecular weight is 196 g/mol.